The normalized spacial score (nSPS) is 11.5. The first kappa shape index (κ1) is 24.1. The van der Waals surface area contributed by atoms with Gasteiger partial charge in [-0.05, 0) is 49.2 Å². The average Bonchev–Trinajstić information content (AvgIpc) is 2.87. The molecule has 0 spiro atoms. The molecule has 180 valence electrons. The molecule has 1 atom stereocenters. The molecule has 0 fully saturated rings. The van der Waals surface area contributed by atoms with Crippen LogP contribution in [0.2, 0.25) is 0 Å². The van der Waals surface area contributed by atoms with Crippen LogP contribution in [0.15, 0.2) is 71.6 Å². The number of rotatable bonds is 9. The first-order chi connectivity index (χ1) is 16.9. The molecule has 10 heteroatoms. The number of carbonyl (C=O) groups is 1. The highest BCUT2D eigenvalue weighted by Gasteiger charge is 2.12. The lowest BCUT2D eigenvalue weighted by Gasteiger charge is -2.15. The van der Waals surface area contributed by atoms with E-state index in [2.05, 4.69) is 15.4 Å². The largest absolute Gasteiger partial charge is 0.497 e. The molecular weight excluding hydrogens is 464 g/mol. The number of carbonyl (C=O) groups excluding carboxylic acids is 1. The summed E-state index contributed by atoms with van der Waals surface area (Å²) in [6.07, 6.45) is 0. The second-order valence-electron chi connectivity index (χ2n) is 7.65. The summed E-state index contributed by atoms with van der Waals surface area (Å²) in [6, 6.07) is 20.0. The number of methoxy groups -OCH3 is 2. The van der Waals surface area contributed by atoms with Gasteiger partial charge in [-0.3, -0.25) is 4.79 Å². The van der Waals surface area contributed by atoms with Gasteiger partial charge in [0.2, 0.25) is 5.91 Å². The predicted octanol–water partition coefficient (Wildman–Crippen LogP) is 4.80. The first-order valence-electron chi connectivity index (χ1n) is 10.8. The van der Waals surface area contributed by atoms with Gasteiger partial charge in [-0.1, -0.05) is 18.2 Å². The minimum Gasteiger partial charge on any atom is -0.497 e. The Labute approximate surface area is 207 Å². The molecule has 0 aliphatic carbocycles. The van der Waals surface area contributed by atoms with Crippen LogP contribution >= 0.6 is 11.9 Å². The van der Waals surface area contributed by atoms with Crippen LogP contribution in [0, 0.1) is 0 Å². The van der Waals surface area contributed by atoms with E-state index in [4.69, 9.17) is 25.2 Å². The molecule has 0 aliphatic rings. The zero-order chi connectivity index (χ0) is 24.8. The Morgan fingerprint density at radius 1 is 0.886 bits per heavy atom. The van der Waals surface area contributed by atoms with Gasteiger partial charge >= 0.3 is 0 Å². The molecule has 0 saturated heterocycles. The van der Waals surface area contributed by atoms with Crippen LogP contribution in [0.4, 0.5) is 23.0 Å². The number of para-hydroxylation sites is 2. The Kier molecular flexibility index (Phi) is 7.54. The summed E-state index contributed by atoms with van der Waals surface area (Å²) in [7, 11) is 3.20. The van der Waals surface area contributed by atoms with Crippen molar-refractivity contribution in [2.45, 2.75) is 17.9 Å². The van der Waals surface area contributed by atoms with Gasteiger partial charge in [0.1, 0.15) is 11.5 Å². The Hall–Kier alpha value is -4.02. The third-order valence-corrected chi connectivity index (χ3v) is 5.75. The molecular formula is C25H26N6O3S. The standard InChI is InChI=1S/C25H26N6O3S/c1-15(26)25(32)28-16-7-6-8-20(13-16)35-31-24-23(29-21-9-4-5-10-22(21)30-24)27-17-11-18(33-2)14-19(12-17)34-3/h4-15H,26H2,1-3H3,(H,27,29)(H,28,32)(H,30,31)/t15-/m0/s1. The van der Waals surface area contributed by atoms with Gasteiger partial charge in [-0.2, -0.15) is 0 Å². The van der Waals surface area contributed by atoms with E-state index < -0.39 is 6.04 Å². The van der Waals surface area contributed by atoms with Crippen LogP contribution < -0.4 is 30.6 Å². The fraction of sp³-hybridized carbons (Fsp3) is 0.160. The number of anilines is 4. The summed E-state index contributed by atoms with van der Waals surface area (Å²) < 4.78 is 14.0. The van der Waals surface area contributed by atoms with Crippen molar-refractivity contribution in [1.82, 2.24) is 9.97 Å². The maximum absolute atomic E-state index is 11.9. The highest BCUT2D eigenvalue weighted by Crippen LogP contribution is 2.32. The zero-order valence-corrected chi connectivity index (χ0v) is 20.3. The Morgan fingerprint density at radius 2 is 1.54 bits per heavy atom. The maximum Gasteiger partial charge on any atom is 0.240 e. The average molecular weight is 491 g/mol. The van der Waals surface area contributed by atoms with Gasteiger partial charge in [-0.15, -0.1) is 0 Å². The topological polar surface area (TPSA) is 123 Å². The van der Waals surface area contributed by atoms with E-state index in [1.165, 1.54) is 11.9 Å². The Morgan fingerprint density at radius 3 is 2.17 bits per heavy atom. The molecule has 5 N–H and O–H groups in total. The molecule has 1 amide bonds. The van der Waals surface area contributed by atoms with Crippen molar-refractivity contribution in [2.24, 2.45) is 5.73 Å². The highest BCUT2D eigenvalue weighted by atomic mass is 32.2. The van der Waals surface area contributed by atoms with E-state index in [0.717, 1.165) is 21.6 Å². The third kappa shape index (κ3) is 6.11. The second kappa shape index (κ2) is 10.9. The second-order valence-corrected chi connectivity index (χ2v) is 8.53. The molecule has 0 radical (unpaired) electrons. The van der Waals surface area contributed by atoms with Crippen molar-refractivity contribution in [3.8, 4) is 11.5 Å². The molecule has 4 rings (SSSR count). The number of amides is 1. The van der Waals surface area contributed by atoms with Gasteiger partial charge in [0.15, 0.2) is 11.6 Å². The molecule has 0 saturated carbocycles. The monoisotopic (exact) mass is 490 g/mol. The van der Waals surface area contributed by atoms with Crippen molar-refractivity contribution in [3.63, 3.8) is 0 Å². The van der Waals surface area contributed by atoms with Crippen molar-refractivity contribution >= 4 is 51.9 Å². The molecule has 9 nitrogen and oxygen atoms in total. The van der Waals surface area contributed by atoms with E-state index in [9.17, 15) is 4.79 Å². The quantitative estimate of drug-likeness (QED) is 0.245. The number of aromatic nitrogens is 2. The molecule has 1 heterocycles. The Bertz CT molecular complexity index is 1330. The van der Waals surface area contributed by atoms with Gasteiger partial charge in [0.05, 0.1) is 31.3 Å². The van der Waals surface area contributed by atoms with E-state index >= 15 is 0 Å². The van der Waals surface area contributed by atoms with Crippen LogP contribution in [-0.4, -0.2) is 36.1 Å². The lowest BCUT2D eigenvalue weighted by atomic mass is 10.2. The number of hydrogen-bond donors (Lipinski definition) is 4. The molecule has 0 bridgehead atoms. The predicted molar refractivity (Wildman–Crippen MR) is 141 cm³/mol. The molecule has 0 unspecified atom stereocenters. The van der Waals surface area contributed by atoms with Crippen LogP contribution in [0.25, 0.3) is 11.0 Å². The van der Waals surface area contributed by atoms with Crippen molar-refractivity contribution in [3.05, 3.63) is 66.7 Å². The van der Waals surface area contributed by atoms with Crippen molar-refractivity contribution in [1.29, 1.82) is 0 Å². The molecule has 3 aromatic carbocycles. The molecule has 4 aromatic rings. The number of benzene rings is 3. The number of nitrogens with one attached hydrogen (secondary N) is 3. The number of fused-ring (bicyclic) bond motifs is 1. The number of ether oxygens (including phenoxy) is 2. The zero-order valence-electron chi connectivity index (χ0n) is 19.5. The van der Waals surface area contributed by atoms with Gasteiger partial charge in [0.25, 0.3) is 0 Å². The van der Waals surface area contributed by atoms with Gasteiger partial charge in [0, 0.05) is 34.5 Å². The van der Waals surface area contributed by atoms with E-state index in [1.807, 2.05) is 60.7 Å². The van der Waals surface area contributed by atoms with Crippen LogP contribution in [-0.2, 0) is 4.79 Å². The summed E-state index contributed by atoms with van der Waals surface area (Å²) >= 11 is 1.35. The molecule has 35 heavy (non-hydrogen) atoms. The fourth-order valence-electron chi connectivity index (χ4n) is 3.18. The SMILES string of the molecule is COc1cc(Nc2nc3ccccc3nc2NSc2cccc(NC(=O)[C@H](C)N)c2)cc(OC)c1. The smallest absolute Gasteiger partial charge is 0.240 e. The van der Waals surface area contributed by atoms with Crippen LogP contribution in [0.1, 0.15) is 6.92 Å². The van der Waals surface area contributed by atoms with E-state index in [1.54, 1.807) is 27.2 Å². The lowest BCUT2D eigenvalue weighted by Crippen LogP contribution is -2.32. The summed E-state index contributed by atoms with van der Waals surface area (Å²) in [5.41, 5.74) is 8.55. The van der Waals surface area contributed by atoms with Crippen LogP contribution in [0.5, 0.6) is 11.5 Å². The first-order valence-corrected chi connectivity index (χ1v) is 11.6. The summed E-state index contributed by atoms with van der Waals surface area (Å²) in [4.78, 5) is 22.3. The van der Waals surface area contributed by atoms with Gasteiger partial charge in [-0.25, -0.2) is 9.97 Å². The molecule has 1 aromatic heterocycles. The van der Waals surface area contributed by atoms with Crippen molar-refractivity contribution in [2.75, 3.05) is 29.6 Å². The summed E-state index contributed by atoms with van der Waals surface area (Å²) in [5, 5.41) is 6.12. The number of nitrogens with zero attached hydrogens (tertiary/aromatic N) is 2. The van der Waals surface area contributed by atoms with E-state index in [-0.39, 0.29) is 5.91 Å². The van der Waals surface area contributed by atoms with Crippen molar-refractivity contribution < 1.29 is 14.3 Å². The fourth-order valence-corrected chi connectivity index (χ4v) is 3.86. The lowest BCUT2D eigenvalue weighted by molar-refractivity contribution is -0.117. The minimum atomic E-state index is -0.596. The number of nitrogens with two attached hydrogens (primary N) is 1. The van der Waals surface area contributed by atoms with Gasteiger partial charge < -0.3 is 30.6 Å². The molecule has 0 aliphatic heterocycles. The third-order valence-electron chi connectivity index (χ3n) is 4.97. The maximum atomic E-state index is 11.9. The minimum absolute atomic E-state index is 0.249. The van der Waals surface area contributed by atoms with Crippen LogP contribution in [0.3, 0.4) is 0 Å². The number of hydrogen-bond acceptors (Lipinski definition) is 9. The summed E-state index contributed by atoms with van der Waals surface area (Å²) in [5.74, 6) is 2.12. The highest BCUT2D eigenvalue weighted by molar-refractivity contribution is 8.00. The summed E-state index contributed by atoms with van der Waals surface area (Å²) in [6.45, 7) is 1.64. The van der Waals surface area contributed by atoms with E-state index in [0.29, 0.717) is 28.8 Å². The Balaban J connectivity index is 1.61.